The molecule has 0 N–H and O–H groups in total. The van der Waals surface area contributed by atoms with Gasteiger partial charge in [-0.05, 0) is 18.8 Å². The van der Waals surface area contributed by atoms with Crippen LogP contribution < -0.4 is 0 Å². The summed E-state index contributed by atoms with van der Waals surface area (Å²) in [5.41, 5.74) is 0.636. The molecular weight excluding hydrogens is 268 g/mol. The molecule has 2 aliphatic carbocycles. The van der Waals surface area contributed by atoms with Gasteiger partial charge < -0.3 is 9.47 Å². The minimum atomic E-state index is -0.980. The summed E-state index contributed by atoms with van der Waals surface area (Å²) in [5.74, 6) is -0.139. The lowest BCUT2D eigenvalue weighted by molar-refractivity contribution is -0.172. The summed E-state index contributed by atoms with van der Waals surface area (Å²) in [4.78, 5) is 23.6. The van der Waals surface area contributed by atoms with Gasteiger partial charge in [0.2, 0.25) is 6.10 Å². The molecule has 0 aromatic heterocycles. The highest BCUT2D eigenvalue weighted by molar-refractivity contribution is 5.80. The number of hydrogen-bond donors (Lipinski definition) is 0. The zero-order valence-electron chi connectivity index (χ0n) is 11.9. The minimum Gasteiger partial charge on any atom is -0.459 e. The van der Waals surface area contributed by atoms with E-state index in [-0.39, 0.29) is 6.10 Å². The van der Waals surface area contributed by atoms with Gasteiger partial charge >= 0.3 is 11.9 Å². The van der Waals surface area contributed by atoms with E-state index >= 15 is 0 Å². The molecule has 0 unspecified atom stereocenters. The first-order chi connectivity index (χ1) is 10.1. The molecule has 3 rings (SSSR count). The molecule has 1 aromatic carbocycles. The fourth-order valence-corrected chi connectivity index (χ4v) is 3.12. The van der Waals surface area contributed by atoms with E-state index in [4.69, 9.17) is 9.47 Å². The predicted octanol–water partition coefficient (Wildman–Crippen LogP) is 2.80. The Balaban J connectivity index is 1.72. The van der Waals surface area contributed by atoms with Crippen LogP contribution in [0.4, 0.5) is 0 Å². The van der Waals surface area contributed by atoms with E-state index in [0.29, 0.717) is 17.4 Å². The number of rotatable bonds is 4. The number of ether oxygens (including phenoxy) is 2. The van der Waals surface area contributed by atoms with Gasteiger partial charge in [0.15, 0.2) is 0 Å². The lowest BCUT2D eigenvalue weighted by Gasteiger charge is -2.22. The molecular formula is C17H18O4. The third kappa shape index (κ3) is 2.99. The quantitative estimate of drug-likeness (QED) is 0.631. The van der Waals surface area contributed by atoms with Crippen molar-refractivity contribution in [2.24, 2.45) is 11.8 Å². The standard InChI is InChI=1S/C17H18O4/c1-11(18)20-16(13-5-3-2-4-6-13)17(19)21-15-10-12-7-8-14(15)9-12/h2-8,12,14-16H,9-10H2,1H3/t12-,14+,15+,16-/m0/s1. The summed E-state index contributed by atoms with van der Waals surface area (Å²) < 4.78 is 10.8. The zero-order valence-corrected chi connectivity index (χ0v) is 11.9. The molecule has 0 spiro atoms. The molecule has 4 nitrogen and oxygen atoms in total. The van der Waals surface area contributed by atoms with Gasteiger partial charge in [-0.25, -0.2) is 4.79 Å². The van der Waals surface area contributed by atoms with Crippen molar-refractivity contribution in [3.05, 3.63) is 48.0 Å². The van der Waals surface area contributed by atoms with Gasteiger partial charge in [0, 0.05) is 18.4 Å². The normalized spacial score (nSPS) is 27.4. The summed E-state index contributed by atoms with van der Waals surface area (Å²) in [5, 5.41) is 0. The Hall–Kier alpha value is -2.10. The second-order valence-corrected chi connectivity index (χ2v) is 5.66. The fraction of sp³-hybridized carbons (Fsp3) is 0.412. The summed E-state index contributed by atoms with van der Waals surface area (Å²) >= 11 is 0. The lowest BCUT2D eigenvalue weighted by atomic mass is 10.0. The Bertz CT molecular complexity index is 563. The van der Waals surface area contributed by atoms with Crippen LogP contribution in [-0.4, -0.2) is 18.0 Å². The molecule has 0 aliphatic heterocycles. The van der Waals surface area contributed by atoms with Crippen molar-refractivity contribution in [3.8, 4) is 0 Å². The van der Waals surface area contributed by atoms with Crippen molar-refractivity contribution in [3.63, 3.8) is 0 Å². The van der Waals surface area contributed by atoms with E-state index in [9.17, 15) is 9.59 Å². The van der Waals surface area contributed by atoms with Gasteiger partial charge in [0.25, 0.3) is 0 Å². The summed E-state index contributed by atoms with van der Waals surface area (Å²) in [6.45, 7) is 1.30. The van der Waals surface area contributed by atoms with Gasteiger partial charge in [-0.3, -0.25) is 4.79 Å². The molecule has 1 saturated carbocycles. The fourth-order valence-electron chi connectivity index (χ4n) is 3.12. The predicted molar refractivity (Wildman–Crippen MR) is 76.2 cm³/mol. The van der Waals surface area contributed by atoms with Gasteiger partial charge in [-0.1, -0.05) is 42.5 Å². The summed E-state index contributed by atoms with van der Waals surface area (Å²) in [6.07, 6.45) is 5.17. The number of fused-ring (bicyclic) bond motifs is 2. The second-order valence-electron chi connectivity index (χ2n) is 5.66. The molecule has 0 saturated heterocycles. The number of allylic oxidation sites excluding steroid dienone is 1. The van der Waals surface area contributed by atoms with E-state index in [1.54, 1.807) is 24.3 Å². The number of hydrogen-bond acceptors (Lipinski definition) is 4. The van der Waals surface area contributed by atoms with E-state index in [2.05, 4.69) is 12.2 Å². The van der Waals surface area contributed by atoms with Crippen molar-refractivity contribution >= 4 is 11.9 Å². The maximum atomic E-state index is 12.4. The third-order valence-electron chi connectivity index (χ3n) is 4.09. The van der Waals surface area contributed by atoms with Crippen LogP contribution in [0.2, 0.25) is 0 Å². The van der Waals surface area contributed by atoms with Crippen molar-refractivity contribution in [2.75, 3.05) is 0 Å². The molecule has 2 aliphatic rings. The van der Waals surface area contributed by atoms with Gasteiger partial charge in [0.05, 0.1) is 0 Å². The molecule has 0 radical (unpaired) electrons. The van der Waals surface area contributed by atoms with Crippen LogP contribution in [-0.2, 0) is 19.1 Å². The monoisotopic (exact) mass is 286 g/mol. The molecule has 4 heteroatoms. The SMILES string of the molecule is CC(=O)O[C@H](C(=O)O[C@@H]1C[C@H]2C=C[C@@H]1C2)c1ccccc1. The molecule has 2 bridgehead atoms. The van der Waals surface area contributed by atoms with Crippen molar-refractivity contribution < 1.29 is 19.1 Å². The Morgan fingerprint density at radius 1 is 1.14 bits per heavy atom. The smallest absolute Gasteiger partial charge is 0.352 e. The Morgan fingerprint density at radius 3 is 2.48 bits per heavy atom. The Kier molecular flexibility index (Phi) is 3.78. The first-order valence-corrected chi connectivity index (χ1v) is 7.24. The number of benzene rings is 1. The Morgan fingerprint density at radius 2 is 1.90 bits per heavy atom. The molecule has 1 aromatic rings. The maximum Gasteiger partial charge on any atom is 0.352 e. The topological polar surface area (TPSA) is 52.6 Å². The van der Waals surface area contributed by atoms with Crippen LogP contribution in [0.5, 0.6) is 0 Å². The average Bonchev–Trinajstić information content (AvgIpc) is 3.08. The van der Waals surface area contributed by atoms with E-state index in [1.807, 2.05) is 6.07 Å². The zero-order chi connectivity index (χ0) is 14.8. The highest BCUT2D eigenvalue weighted by atomic mass is 16.6. The third-order valence-corrected chi connectivity index (χ3v) is 4.09. The van der Waals surface area contributed by atoms with Gasteiger partial charge in [-0.2, -0.15) is 0 Å². The summed E-state index contributed by atoms with van der Waals surface area (Å²) in [7, 11) is 0. The number of carbonyl (C=O) groups is 2. The second kappa shape index (κ2) is 5.72. The van der Waals surface area contributed by atoms with Crippen LogP contribution in [0.25, 0.3) is 0 Å². The van der Waals surface area contributed by atoms with Crippen LogP contribution in [0, 0.1) is 11.8 Å². The highest BCUT2D eigenvalue weighted by Gasteiger charge is 2.39. The number of carbonyl (C=O) groups excluding carboxylic acids is 2. The molecule has 0 amide bonds. The van der Waals surface area contributed by atoms with Crippen LogP contribution in [0.1, 0.15) is 31.4 Å². The highest BCUT2D eigenvalue weighted by Crippen LogP contribution is 2.41. The molecule has 4 atom stereocenters. The van der Waals surface area contributed by atoms with E-state index in [0.717, 1.165) is 12.8 Å². The molecule has 110 valence electrons. The molecule has 21 heavy (non-hydrogen) atoms. The largest absolute Gasteiger partial charge is 0.459 e. The van der Waals surface area contributed by atoms with E-state index < -0.39 is 18.0 Å². The van der Waals surface area contributed by atoms with Crippen molar-refractivity contribution in [2.45, 2.75) is 32.0 Å². The van der Waals surface area contributed by atoms with Crippen LogP contribution in [0.3, 0.4) is 0 Å². The first-order valence-electron chi connectivity index (χ1n) is 7.24. The average molecular weight is 286 g/mol. The molecule has 0 heterocycles. The minimum absolute atomic E-state index is 0.0886. The Labute approximate surface area is 123 Å². The lowest BCUT2D eigenvalue weighted by Crippen LogP contribution is -2.28. The van der Waals surface area contributed by atoms with Crippen molar-refractivity contribution in [1.82, 2.24) is 0 Å². The molecule has 1 fully saturated rings. The van der Waals surface area contributed by atoms with Gasteiger partial charge in [0.1, 0.15) is 6.10 Å². The summed E-state index contributed by atoms with van der Waals surface area (Å²) in [6, 6.07) is 8.98. The van der Waals surface area contributed by atoms with Gasteiger partial charge in [-0.15, -0.1) is 0 Å². The number of esters is 2. The first kappa shape index (κ1) is 13.9. The van der Waals surface area contributed by atoms with Crippen molar-refractivity contribution in [1.29, 1.82) is 0 Å². The van der Waals surface area contributed by atoms with E-state index in [1.165, 1.54) is 6.92 Å². The van der Waals surface area contributed by atoms with Crippen LogP contribution >= 0.6 is 0 Å². The van der Waals surface area contributed by atoms with Crippen LogP contribution in [0.15, 0.2) is 42.5 Å². The maximum absolute atomic E-state index is 12.4.